The Morgan fingerprint density at radius 1 is 1.18 bits per heavy atom. The second kappa shape index (κ2) is 6.95. The molecule has 2 rings (SSSR count). The van der Waals surface area contributed by atoms with Gasteiger partial charge in [0.15, 0.2) is 6.10 Å². The molecule has 3 N–H and O–H groups in total. The maximum absolute atomic E-state index is 12.1. The van der Waals surface area contributed by atoms with Crippen LogP contribution in [0.1, 0.15) is 17.3 Å². The molecule has 0 radical (unpaired) electrons. The topological polar surface area (TPSA) is 81.4 Å². The molecule has 5 nitrogen and oxygen atoms in total. The number of nitrogens with one attached hydrogen (secondary N) is 1. The van der Waals surface area contributed by atoms with E-state index in [1.165, 1.54) is 6.07 Å². The number of primary amides is 1. The van der Waals surface area contributed by atoms with Crippen molar-refractivity contribution in [3.63, 3.8) is 0 Å². The molecule has 0 spiro atoms. The lowest BCUT2D eigenvalue weighted by molar-refractivity contribution is -0.122. The van der Waals surface area contributed by atoms with Crippen molar-refractivity contribution < 1.29 is 14.3 Å². The summed E-state index contributed by atoms with van der Waals surface area (Å²) < 4.78 is 5.52. The van der Waals surface area contributed by atoms with Crippen molar-refractivity contribution in [3.05, 3.63) is 59.1 Å². The lowest BCUT2D eigenvalue weighted by atomic mass is 10.2. The van der Waals surface area contributed by atoms with Gasteiger partial charge in [0.25, 0.3) is 5.91 Å². The fourth-order valence-corrected chi connectivity index (χ4v) is 1.89. The first-order chi connectivity index (χ1) is 10.5. The number of rotatable bonds is 5. The maximum atomic E-state index is 12.1. The minimum Gasteiger partial charge on any atom is -0.481 e. The molecule has 1 unspecified atom stereocenters. The number of hydrogen-bond donors (Lipinski definition) is 2. The lowest BCUT2D eigenvalue weighted by Crippen LogP contribution is -2.30. The van der Waals surface area contributed by atoms with Gasteiger partial charge in [0.05, 0.1) is 0 Å². The van der Waals surface area contributed by atoms with Crippen LogP contribution in [0.5, 0.6) is 5.75 Å². The largest absolute Gasteiger partial charge is 0.481 e. The Labute approximate surface area is 133 Å². The van der Waals surface area contributed by atoms with E-state index in [0.29, 0.717) is 22.0 Å². The zero-order valence-corrected chi connectivity index (χ0v) is 12.6. The second-order valence-corrected chi connectivity index (χ2v) is 5.08. The summed E-state index contributed by atoms with van der Waals surface area (Å²) in [4.78, 5) is 23.2. The predicted molar refractivity (Wildman–Crippen MR) is 85.1 cm³/mol. The number of nitrogens with two attached hydrogens (primary N) is 1. The minimum absolute atomic E-state index is 0.323. The van der Waals surface area contributed by atoms with Crippen molar-refractivity contribution in [2.24, 2.45) is 5.73 Å². The van der Waals surface area contributed by atoms with Gasteiger partial charge in [-0.2, -0.15) is 0 Å². The van der Waals surface area contributed by atoms with Crippen molar-refractivity contribution in [2.45, 2.75) is 13.0 Å². The number of ether oxygens (including phenoxy) is 1. The molecule has 0 aliphatic heterocycles. The Morgan fingerprint density at radius 3 is 2.50 bits per heavy atom. The third-order valence-corrected chi connectivity index (χ3v) is 3.16. The third-order valence-electron chi connectivity index (χ3n) is 2.91. The van der Waals surface area contributed by atoms with E-state index in [2.05, 4.69) is 5.32 Å². The quantitative estimate of drug-likeness (QED) is 0.889. The first-order valence-corrected chi connectivity index (χ1v) is 6.96. The average molecular weight is 319 g/mol. The monoisotopic (exact) mass is 318 g/mol. The summed E-state index contributed by atoms with van der Waals surface area (Å²) >= 11 is 5.79. The van der Waals surface area contributed by atoms with E-state index < -0.39 is 12.0 Å². The van der Waals surface area contributed by atoms with Gasteiger partial charge < -0.3 is 15.8 Å². The summed E-state index contributed by atoms with van der Waals surface area (Å²) in [6.07, 6.45) is -0.710. The van der Waals surface area contributed by atoms with Gasteiger partial charge in [-0.05, 0) is 49.4 Å². The fourth-order valence-electron chi connectivity index (χ4n) is 1.76. The summed E-state index contributed by atoms with van der Waals surface area (Å²) in [5.41, 5.74) is 6.00. The first-order valence-electron chi connectivity index (χ1n) is 6.58. The van der Waals surface area contributed by atoms with Crippen LogP contribution in [-0.2, 0) is 4.79 Å². The van der Waals surface area contributed by atoms with Crippen LogP contribution in [0.3, 0.4) is 0 Å². The molecular weight excluding hydrogens is 304 g/mol. The summed E-state index contributed by atoms with van der Waals surface area (Å²) in [5, 5.41) is 3.26. The summed E-state index contributed by atoms with van der Waals surface area (Å²) in [6, 6.07) is 13.1. The minimum atomic E-state index is -0.710. The average Bonchev–Trinajstić information content (AvgIpc) is 2.49. The Kier molecular flexibility index (Phi) is 5.01. The normalized spacial score (nSPS) is 11.5. The van der Waals surface area contributed by atoms with Crippen molar-refractivity contribution in [2.75, 3.05) is 5.32 Å². The molecule has 0 saturated heterocycles. The van der Waals surface area contributed by atoms with Gasteiger partial charge in [0, 0.05) is 16.3 Å². The second-order valence-electron chi connectivity index (χ2n) is 4.65. The summed E-state index contributed by atoms with van der Waals surface area (Å²) in [5.74, 6) is -0.351. The van der Waals surface area contributed by atoms with Crippen LogP contribution in [0.25, 0.3) is 0 Å². The number of anilines is 1. The van der Waals surface area contributed by atoms with E-state index in [9.17, 15) is 9.59 Å². The molecule has 114 valence electrons. The van der Waals surface area contributed by atoms with Crippen molar-refractivity contribution in [3.8, 4) is 5.75 Å². The zero-order chi connectivity index (χ0) is 16.1. The number of hydrogen-bond acceptors (Lipinski definition) is 3. The lowest BCUT2D eigenvalue weighted by Gasteiger charge is -2.15. The highest BCUT2D eigenvalue weighted by Crippen LogP contribution is 2.17. The van der Waals surface area contributed by atoms with Gasteiger partial charge in [-0.25, -0.2) is 0 Å². The molecule has 0 fully saturated rings. The van der Waals surface area contributed by atoms with Crippen LogP contribution in [0.15, 0.2) is 48.5 Å². The fraction of sp³-hybridized carbons (Fsp3) is 0.125. The molecule has 0 heterocycles. The van der Waals surface area contributed by atoms with E-state index >= 15 is 0 Å². The first kappa shape index (κ1) is 15.9. The molecule has 2 amide bonds. The molecule has 0 saturated carbocycles. The van der Waals surface area contributed by atoms with Gasteiger partial charge >= 0.3 is 0 Å². The number of carbonyl (C=O) groups is 2. The number of amides is 2. The van der Waals surface area contributed by atoms with Crippen molar-refractivity contribution in [1.29, 1.82) is 0 Å². The Balaban J connectivity index is 2.00. The molecule has 6 heteroatoms. The van der Waals surface area contributed by atoms with Crippen LogP contribution >= 0.6 is 11.6 Å². The molecule has 2 aromatic rings. The Hall–Kier alpha value is -2.53. The van der Waals surface area contributed by atoms with Gasteiger partial charge in [-0.3, -0.25) is 9.59 Å². The van der Waals surface area contributed by atoms with Gasteiger partial charge in [0.1, 0.15) is 5.75 Å². The molecule has 2 aromatic carbocycles. The number of carbonyl (C=O) groups excluding carboxylic acids is 2. The number of halogens is 1. The predicted octanol–water partition coefficient (Wildman–Crippen LogP) is 2.84. The third kappa shape index (κ3) is 4.23. The molecule has 22 heavy (non-hydrogen) atoms. The zero-order valence-electron chi connectivity index (χ0n) is 11.9. The Bertz CT molecular complexity index is 686. The van der Waals surface area contributed by atoms with E-state index in [0.717, 1.165) is 0 Å². The molecule has 0 aromatic heterocycles. The van der Waals surface area contributed by atoms with Crippen LogP contribution in [0.2, 0.25) is 5.02 Å². The van der Waals surface area contributed by atoms with E-state index in [1.54, 1.807) is 49.4 Å². The van der Waals surface area contributed by atoms with Gasteiger partial charge in [0.2, 0.25) is 5.91 Å². The SMILES string of the molecule is CC(Oc1ccc(Cl)cc1)C(=O)Nc1cccc(C(N)=O)c1. The van der Waals surface area contributed by atoms with E-state index in [1.807, 2.05) is 0 Å². The van der Waals surface area contributed by atoms with E-state index in [4.69, 9.17) is 22.1 Å². The highest BCUT2D eigenvalue weighted by atomic mass is 35.5. The van der Waals surface area contributed by atoms with Crippen LogP contribution in [0, 0.1) is 0 Å². The molecule has 1 atom stereocenters. The summed E-state index contributed by atoms with van der Waals surface area (Å²) in [6.45, 7) is 1.63. The maximum Gasteiger partial charge on any atom is 0.265 e. The molecule has 0 aliphatic rings. The number of benzene rings is 2. The Morgan fingerprint density at radius 2 is 1.86 bits per heavy atom. The van der Waals surface area contributed by atoms with Crippen molar-refractivity contribution in [1.82, 2.24) is 0 Å². The van der Waals surface area contributed by atoms with Gasteiger partial charge in [-0.1, -0.05) is 17.7 Å². The van der Waals surface area contributed by atoms with Gasteiger partial charge in [-0.15, -0.1) is 0 Å². The molecular formula is C16H15ClN2O3. The van der Waals surface area contributed by atoms with Crippen molar-refractivity contribution >= 4 is 29.1 Å². The highest BCUT2D eigenvalue weighted by Gasteiger charge is 2.15. The summed E-state index contributed by atoms with van der Waals surface area (Å²) in [7, 11) is 0. The smallest absolute Gasteiger partial charge is 0.265 e. The van der Waals surface area contributed by atoms with E-state index in [-0.39, 0.29) is 5.91 Å². The molecule has 0 bridgehead atoms. The van der Waals surface area contributed by atoms with Crippen LogP contribution < -0.4 is 15.8 Å². The molecule has 0 aliphatic carbocycles. The van der Waals surface area contributed by atoms with Crippen LogP contribution in [0.4, 0.5) is 5.69 Å². The van der Waals surface area contributed by atoms with Crippen LogP contribution in [-0.4, -0.2) is 17.9 Å². The standard InChI is InChI=1S/C16H15ClN2O3/c1-10(22-14-7-5-12(17)6-8-14)16(21)19-13-4-2-3-11(9-13)15(18)20/h2-10H,1H3,(H2,18,20)(H,19,21). The highest BCUT2D eigenvalue weighted by molar-refractivity contribution is 6.30.